The van der Waals surface area contributed by atoms with E-state index in [-0.39, 0.29) is 34.0 Å². The minimum atomic E-state index is -0.645. The number of nitrogens with zero attached hydrogens (tertiary/aromatic N) is 3. The molecule has 2 rings (SSSR count). The molecule has 0 saturated heterocycles. The van der Waals surface area contributed by atoms with E-state index in [1.807, 2.05) is 0 Å². The number of hydrogen-bond donors (Lipinski definition) is 1. The molecule has 0 aliphatic rings. The highest BCUT2D eigenvalue weighted by Gasteiger charge is 2.24. The van der Waals surface area contributed by atoms with E-state index in [0.29, 0.717) is 5.02 Å². The molecule has 1 aromatic heterocycles. The fourth-order valence-corrected chi connectivity index (χ4v) is 1.95. The average molecular weight is 315 g/mol. The van der Waals surface area contributed by atoms with Gasteiger partial charge in [-0.2, -0.15) is 4.98 Å². The Morgan fingerprint density at radius 1 is 1.35 bits per heavy atom. The predicted octanol–water partition coefficient (Wildman–Crippen LogP) is 3.37. The van der Waals surface area contributed by atoms with E-state index < -0.39 is 4.92 Å². The summed E-state index contributed by atoms with van der Waals surface area (Å²) in [6.45, 7) is 1.44. The Morgan fingerprint density at radius 2 is 2.05 bits per heavy atom. The maximum Gasteiger partial charge on any atom is 0.352 e. The number of halogens is 2. The Bertz CT molecular complexity index is 694. The maximum absolute atomic E-state index is 11.0. The lowest BCUT2D eigenvalue weighted by Gasteiger charge is -2.08. The first-order valence-corrected chi connectivity index (χ1v) is 6.05. The number of ether oxygens (including phenoxy) is 1. The van der Waals surface area contributed by atoms with Crippen LogP contribution < -0.4 is 10.5 Å². The molecule has 0 fully saturated rings. The molecule has 0 spiro atoms. The summed E-state index contributed by atoms with van der Waals surface area (Å²) in [6, 6.07) is 4.45. The fourth-order valence-electron chi connectivity index (χ4n) is 1.51. The summed E-state index contributed by atoms with van der Waals surface area (Å²) in [5.41, 5.74) is 5.19. The van der Waals surface area contributed by atoms with Crippen molar-refractivity contribution in [2.45, 2.75) is 6.92 Å². The standard InChI is InChI=1S/C11H8Cl2N4O3/c1-5-9(17(18)19)10(16-11(14)15-5)20-8-3-2-6(12)4-7(8)13/h2-4H,1H3,(H2,14,15,16). The molecule has 104 valence electrons. The van der Waals surface area contributed by atoms with Gasteiger partial charge in [-0.05, 0) is 25.1 Å². The number of aryl methyl sites for hydroxylation is 1. The first kappa shape index (κ1) is 14.3. The smallest absolute Gasteiger partial charge is 0.352 e. The van der Waals surface area contributed by atoms with Gasteiger partial charge in [0.05, 0.1) is 9.95 Å². The van der Waals surface area contributed by atoms with Crippen molar-refractivity contribution in [3.63, 3.8) is 0 Å². The second kappa shape index (κ2) is 5.48. The molecule has 0 amide bonds. The van der Waals surface area contributed by atoms with Crippen molar-refractivity contribution in [1.82, 2.24) is 9.97 Å². The molecule has 9 heteroatoms. The predicted molar refractivity (Wildman–Crippen MR) is 74.4 cm³/mol. The molecule has 7 nitrogen and oxygen atoms in total. The average Bonchev–Trinajstić information content (AvgIpc) is 2.31. The van der Waals surface area contributed by atoms with E-state index in [0.717, 1.165) is 0 Å². The van der Waals surface area contributed by atoms with Gasteiger partial charge in [0.25, 0.3) is 0 Å². The Hall–Kier alpha value is -2.12. The zero-order valence-corrected chi connectivity index (χ0v) is 11.6. The normalized spacial score (nSPS) is 10.3. The molecule has 2 aromatic rings. The summed E-state index contributed by atoms with van der Waals surface area (Å²) < 4.78 is 5.35. The lowest BCUT2D eigenvalue weighted by molar-refractivity contribution is -0.386. The van der Waals surface area contributed by atoms with Gasteiger partial charge in [-0.3, -0.25) is 10.1 Å². The summed E-state index contributed by atoms with van der Waals surface area (Å²) in [5, 5.41) is 11.6. The van der Waals surface area contributed by atoms with Crippen LogP contribution in [-0.2, 0) is 0 Å². The first-order valence-electron chi connectivity index (χ1n) is 5.30. The molecule has 20 heavy (non-hydrogen) atoms. The third-order valence-electron chi connectivity index (χ3n) is 2.33. The molecule has 1 heterocycles. The molecule has 2 N–H and O–H groups in total. The van der Waals surface area contributed by atoms with Crippen LogP contribution in [0.1, 0.15) is 5.69 Å². The van der Waals surface area contributed by atoms with E-state index in [1.54, 1.807) is 0 Å². The zero-order chi connectivity index (χ0) is 14.9. The van der Waals surface area contributed by atoms with Gasteiger partial charge in [-0.1, -0.05) is 23.2 Å². The van der Waals surface area contributed by atoms with Gasteiger partial charge in [0.2, 0.25) is 5.95 Å². The van der Waals surface area contributed by atoms with Gasteiger partial charge < -0.3 is 10.5 Å². The van der Waals surface area contributed by atoms with Gasteiger partial charge in [-0.25, -0.2) is 4.98 Å². The van der Waals surface area contributed by atoms with Crippen LogP contribution in [0.3, 0.4) is 0 Å². The number of benzene rings is 1. The molecular weight excluding hydrogens is 307 g/mol. The van der Waals surface area contributed by atoms with Crippen molar-refractivity contribution in [2.75, 3.05) is 5.73 Å². The molecule has 0 saturated carbocycles. The van der Waals surface area contributed by atoms with Gasteiger partial charge in [0.1, 0.15) is 11.4 Å². The third kappa shape index (κ3) is 2.89. The number of hydrogen-bond acceptors (Lipinski definition) is 6. The van der Waals surface area contributed by atoms with Gasteiger partial charge in [0, 0.05) is 5.02 Å². The number of anilines is 1. The summed E-state index contributed by atoms with van der Waals surface area (Å²) >= 11 is 11.7. The van der Waals surface area contributed by atoms with Crippen LogP contribution in [0.5, 0.6) is 11.6 Å². The zero-order valence-electron chi connectivity index (χ0n) is 10.1. The lowest BCUT2D eigenvalue weighted by Crippen LogP contribution is -2.04. The third-order valence-corrected chi connectivity index (χ3v) is 2.86. The van der Waals surface area contributed by atoms with Crippen molar-refractivity contribution >= 4 is 34.8 Å². The quantitative estimate of drug-likeness (QED) is 0.688. The van der Waals surface area contributed by atoms with Crippen LogP contribution in [0.25, 0.3) is 0 Å². The van der Waals surface area contributed by atoms with E-state index in [9.17, 15) is 10.1 Å². The van der Waals surface area contributed by atoms with Crippen molar-refractivity contribution < 1.29 is 9.66 Å². The second-order valence-corrected chi connectivity index (χ2v) is 4.60. The Morgan fingerprint density at radius 3 is 2.65 bits per heavy atom. The monoisotopic (exact) mass is 314 g/mol. The Labute approximate surface area is 123 Å². The number of nitrogens with two attached hydrogens (primary N) is 1. The van der Waals surface area contributed by atoms with Crippen LogP contribution in [0.15, 0.2) is 18.2 Å². The topological polar surface area (TPSA) is 104 Å². The molecule has 0 bridgehead atoms. The van der Waals surface area contributed by atoms with Gasteiger partial charge >= 0.3 is 11.6 Å². The van der Waals surface area contributed by atoms with E-state index >= 15 is 0 Å². The largest absolute Gasteiger partial charge is 0.432 e. The second-order valence-electron chi connectivity index (χ2n) is 3.75. The Balaban J connectivity index is 2.50. The van der Waals surface area contributed by atoms with Crippen LogP contribution >= 0.6 is 23.2 Å². The Kier molecular flexibility index (Phi) is 3.91. The van der Waals surface area contributed by atoms with Crippen LogP contribution in [0.2, 0.25) is 10.0 Å². The van der Waals surface area contributed by atoms with Gasteiger partial charge in [-0.15, -0.1) is 0 Å². The number of nitrogen functional groups attached to an aromatic ring is 1. The fraction of sp³-hybridized carbons (Fsp3) is 0.0909. The molecule has 0 aliphatic heterocycles. The lowest BCUT2D eigenvalue weighted by atomic mass is 10.3. The van der Waals surface area contributed by atoms with Crippen molar-refractivity contribution in [1.29, 1.82) is 0 Å². The van der Waals surface area contributed by atoms with Crippen LogP contribution in [0.4, 0.5) is 11.6 Å². The SMILES string of the molecule is Cc1nc(N)nc(Oc2ccc(Cl)cc2Cl)c1[N+](=O)[O-]. The summed E-state index contributed by atoms with van der Waals surface area (Å²) in [7, 11) is 0. The van der Waals surface area contributed by atoms with Crippen molar-refractivity contribution in [3.05, 3.63) is 44.1 Å². The maximum atomic E-state index is 11.0. The van der Waals surface area contributed by atoms with Crippen molar-refractivity contribution in [2.24, 2.45) is 0 Å². The highest BCUT2D eigenvalue weighted by atomic mass is 35.5. The minimum Gasteiger partial charge on any atom is -0.432 e. The van der Waals surface area contributed by atoms with E-state index in [2.05, 4.69) is 9.97 Å². The van der Waals surface area contributed by atoms with E-state index in [4.69, 9.17) is 33.7 Å². The number of nitro groups is 1. The summed E-state index contributed by atoms with van der Waals surface area (Å²) in [5.74, 6) is -0.228. The minimum absolute atomic E-state index is 0.0996. The molecule has 1 aromatic carbocycles. The highest BCUT2D eigenvalue weighted by Crippen LogP contribution is 2.36. The number of rotatable bonds is 3. The molecule has 0 atom stereocenters. The molecular formula is C11H8Cl2N4O3. The van der Waals surface area contributed by atoms with Crippen LogP contribution in [0, 0.1) is 17.0 Å². The van der Waals surface area contributed by atoms with E-state index in [1.165, 1.54) is 25.1 Å². The summed E-state index contributed by atoms with van der Waals surface area (Å²) in [6.07, 6.45) is 0. The van der Waals surface area contributed by atoms with Crippen LogP contribution in [-0.4, -0.2) is 14.9 Å². The molecule has 0 unspecified atom stereocenters. The van der Waals surface area contributed by atoms with Crippen molar-refractivity contribution in [3.8, 4) is 11.6 Å². The number of aromatic nitrogens is 2. The van der Waals surface area contributed by atoms with Gasteiger partial charge in [0.15, 0.2) is 0 Å². The highest BCUT2D eigenvalue weighted by molar-refractivity contribution is 6.35. The molecule has 0 aliphatic carbocycles. The summed E-state index contributed by atoms with van der Waals surface area (Å²) in [4.78, 5) is 17.8. The first-order chi connectivity index (χ1) is 9.38. The molecule has 0 radical (unpaired) electrons.